The van der Waals surface area contributed by atoms with Gasteiger partial charge in [0.15, 0.2) is 0 Å². The Bertz CT molecular complexity index is 346. The molecule has 1 rings (SSSR count). The predicted molar refractivity (Wildman–Crippen MR) is 54.9 cm³/mol. The lowest BCUT2D eigenvalue weighted by Crippen LogP contribution is -2.10. The van der Waals surface area contributed by atoms with Gasteiger partial charge in [-0.05, 0) is 6.07 Å². The molecule has 13 heavy (non-hydrogen) atoms. The summed E-state index contributed by atoms with van der Waals surface area (Å²) >= 11 is 5.85. The van der Waals surface area contributed by atoms with Gasteiger partial charge in [-0.1, -0.05) is 29.8 Å². The number of benzene rings is 1. The molecule has 0 aliphatic heterocycles. The van der Waals surface area contributed by atoms with Crippen molar-refractivity contribution < 1.29 is 0 Å². The van der Waals surface area contributed by atoms with Crippen molar-refractivity contribution in [3.05, 3.63) is 34.9 Å². The molecule has 0 heterocycles. The second kappa shape index (κ2) is 4.47. The average molecular weight is 197 g/mol. The summed E-state index contributed by atoms with van der Waals surface area (Å²) in [4.78, 5) is 3.77. The molecule has 0 aliphatic carbocycles. The van der Waals surface area contributed by atoms with E-state index in [0.717, 1.165) is 5.56 Å². The Kier molecular flexibility index (Phi) is 3.28. The van der Waals surface area contributed by atoms with Gasteiger partial charge in [-0.2, -0.15) is 0 Å². The largest absolute Gasteiger partial charge is 0.367 e. The van der Waals surface area contributed by atoms with Crippen molar-refractivity contribution in [2.45, 2.75) is 0 Å². The van der Waals surface area contributed by atoms with Crippen LogP contribution in [0.4, 0.5) is 0 Å². The summed E-state index contributed by atoms with van der Waals surface area (Å²) < 4.78 is 0. The number of hydrogen-bond donors (Lipinski definition) is 2. The molecule has 0 unspecified atom stereocenters. The van der Waals surface area contributed by atoms with Gasteiger partial charge in [0.25, 0.3) is 0 Å². The van der Waals surface area contributed by atoms with Crippen molar-refractivity contribution in [3.8, 4) is 0 Å². The highest BCUT2D eigenvalue weighted by molar-refractivity contribution is 6.33. The SMILES string of the molecule is NN=C(N)N=Cc1ccccc1Cl. The lowest BCUT2D eigenvalue weighted by molar-refractivity contribution is 1.21. The topological polar surface area (TPSA) is 76.8 Å². The van der Waals surface area contributed by atoms with Crippen molar-refractivity contribution in [3.63, 3.8) is 0 Å². The molecule has 68 valence electrons. The van der Waals surface area contributed by atoms with Crippen LogP contribution in [0.15, 0.2) is 34.4 Å². The smallest absolute Gasteiger partial charge is 0.236 e. The summed E-state index contributed by atoms with van der Waals surface area (Å²) in [6, 6.07) is 7.26. The van der Waals surface area contributed by atoms with Gasteiger partial charge >= 0.3 is 0 Å². The van der Waals surface area contributed by atoms with E-state index in [1.807, 2.05) is 18.2 Å². The molecule has 5 heteroatoms. The summed E-state index contributed by atoms with van der Waals surface area (Å²) in [5.74, 6) is 4.90. The van der Waals surface area contributed by atoms with Crippen molar-refractivity contribution in [2.24, 2.45) is 21.7 Å². The van der Waals surface area contributed by atoms with E-state index in [9.17, 15) is 0 Å². The van der Waals surface area contributed by atoms with Crippen LogP contribution in [-0.2, 0) is 0 Å². The normalized spacial score (nSPS) is 12.2. The zero-order valence-corrected chi connectivity index (χ0v) is 7.57. The maximum atomic E-state index is 5.85. The highest BCUT2D eigenvalue weighted by Gasteiger charge is 1.93. The van der Waals surface area contributed by atoms with Gasteiger partial charge in [-0.3, -0.25) is 0 Å². The van der Waals surface area contributed by atoms with Crippen LogP contribution in [0.1, 0.15) is 5.56 Å². The Morgan fingerprint density at radius 1 is 1.38 bits per heavy atom. The minimum atomic E-state index is 0.0138. The highest BCUT2D eigenvalue weighted by atomic mass is 35.5. The molecule has 0 atom stereocenters. The first-order valence-corrected chi connectivity index (χ1v) is 3.94. The van der Waals surface area contributed by atoms with Crippen molar-refractivity contribution in [2.75, 3.05) is 0 Å². The third kappa shape index (κ3) is 2.76. The van der Waals surface area contributed by atoms with E-state index < -0.39 is 0 Å². The van der Waals surface area contributed by atoms with Crippen molar-refractivity contribution in [1.82, 2.24) is 0 Å². The molecule has 1 aromatic rings. The zero-order valence-electron chi connectivity index (χ0n) is 6.81. The molecule has 4 nitrogen and oxygen atoms in total. The maximum absolute atomic E-state index is 5.85. The first-order valence-electron chi connectivity index (χ1n) is 3.56. The number of guanidine groups is 1. The van der Waals surface area contributed by atoms with Gasteiger partial charge in [0.2, 0.25) is 5.96 Å². The number of hydrogen-bond acceptors (Lipinski definition) is 2. The third-order valence-corrected chi connectivity index (χ3v) is 1.72. The fourth-order valence-electron chi connectivity index (χ4n) is 0.749. The minimum absolute atomic E-state index is 0.0138. The summed E-state index contributed by atoms with van der Waals surface area (Å²) in [5.41, 5.74) is 6.03. The molecule has 0 spiro atoms. The minimum Gasteiger partial charge on any atom is -0.367 e. The highest BCUT2D eigenvalue weighted by Crippen LogP contribution is 2.11. The molecule has 0 saturated heterocycles. The van der Waals surface area contributed by atoms with Crippen LogP contribution in [0.5, 0.6) is 0 Å². The van der Waals surface area contributed by atoms with E-state index in [2.05, 4.69) is 10.1 Å². The van der Waals surface area contributed by atoms with Gasteiger partial charge in [0, 0.05) is 16.8 Å². The van der Waals surface area contributed by atoms with Crippen LogP contribution in [0.2, 0.25) is 5.02 Å². The number of hydrazone groups is 1. The van der Waals surface area contributed by atoms with Crippen LogP contribution < -0.4 is 11.6 Å². The molecular weight excluding hydrogens is 188 g/mol. The number of rotatable bonds is 1. The fraction of sp³-hybridized carbons (Fsp3) is 0. The van der Waals surface area contributed by atoms with Gasteiger partial charge < -0.3 is 11.6 Å². The van der Waals surface area contributed by atoms with E-state index in [1.54, 1.807) is 6.07 Å². The van der Waals surface area contributed by atoms with Gasteiger partial charge in [-0.15, -0.1) is 5.10 Å². The maximum Gasteiger partial charge on any atom is 0.236 e. The molecule has 0 bridgehead atoms. The Labute approximate surface area is 80.9 Å². The predicted octanol–water partition coefficient (Wildman–Crippen LogP) is 0.947. The van der Waals surface area contributed by atoms with Gasteiger partial charge in [0.1, 0.15) is 0 Å². The van der Waals surface area contributed by atoms with E-state index in [-0.39, 0.29) is 5.96 Å². The Morgan fingerprint density at radius 3 is 2.69 bits per heavy atom. The zero-order chi connectivity index (χ0) is 9.68. The molecule has 0 amide bonds. The number of aliphatic imine (C=N–C) groups is 1. The van der Waals surface area contributed by atoms with Crippen LogP contribution >= 0.6 is 11.6 Å². The van der Waals surface area contributed by atoms with Gasteiger partial charge in [-0.25, -0.2) is 4.99 Å². The molecule has 0 radical (unpaired) electrons. The lowest BCUT2D eigenvalue weighted by atomic mass is 10.2. The van der Waals surface area contributed by atoms with Gasteiger partial charge in [0.05, 0.1) is 0 Å². The number of halogens is 1. The average Bonchev–Trinajstić information content (AvgIpc) is 2.16. The van der Waals surface area contributed by atoms with Crippen LogP contribution in [0.3, 0.4) is 0 Å². The monoisotopic (exact) mass is 196 g/mol. The number of nitrogens with zero attached hydrogens (tertiary/aromatic N) is 2. The molecule has 4 N–H and O–H groups in total. The molecule has 1 aromatic carbocycles. The Morgan fingerprint density at radius 2 is 2.08 bits per heavy atom. The van der Waals surface area contributed by atoms with E-state index in [0.29, 0.717) is 5.02 Å². The number of nitrogens with two attached hydrogens (primary N) is 2. The first kappa shape index (κ1) is 9.54. The Hall–Kier alpha value is -1.55. The molecule has 0 aromatic heterocycles. The Balaban J connectivity index is 2.86. The lowest BCUT2D eigenvalue weighted by Gasteiger charge is -1.94. The second-order valence-electron chi connectivity index (χ2n) is 2.27. The summed E-state index contributed by atoms with van der Waals surface area (Å²) in [5, 5.41) is 3.79. The standard InChI is InChI=1S/C8H9ClN4/c9-7-4-2-1-3-6(7)5-12-8(10)13-11/h1-5H,11H2,(H2,10,13). The van der Waals surface area contributed by atoms with E-state index in [1.165, 1.54) is 6.21 Å². The quantitative estimate of drug-likeness (QED) is 0.304. The first-order chi connectivity index (χ1) is 6.24. The third-order valence-electron chi connectivity index (χ3n) is 1.37. The summed E-state index contributed by atoms with van der Waals surface area (Å²) in [6.07, 6.45) is 1.51. The summed E-state index contributed by atoms with van der Waals surface area (Å²) in [7, 11) is 0. The fourth-order valence-corrected chi connectivity index (χ4v) is 0.933. The van der Waals surface area contributed by atoms with Crippen molar-refractivity contribution >= 4 is 23.8 Å². The van der Waals surface area contributed by atoms with E-state index in [4.69, 9.17) is 23.2 Å². The van der Waals surface area contributed by atoms with Crippen LogP contribution in [0.25, 0.3) is 0 Å². The molecular formula is C8H9ClN4. The molecule has 0 saturated carbocycles. The van der Waals surface area contributed by atoms with Crippen LogP contribution in [0, 0.1) is 0 Å². The second-order valence-corrected chi connectivity index (χ2v) is 2.67. The van der Waals surface area contributed by atoms with E-state index >= 15 is 0 Å². The molecule has 0 fully saturated rings. The van der Waals surface area contributed by atoms with Crippen LogP contribution in [-0.4, -0.2) is 12.2 Å². The molecule has 0 aliphatic rings. The van der Waals surface area contributed by atoms with Crippen molar-refractivity contribution in [1.29, 1.82) is 0 Å². The summed E-state index contributed by atoms with van der Waals surface area (Å²) in [6.45, 7) is 0.